The predicted octanol–water partition coefficient (Wildman–Crippen LogP) is 16.7. The SMILES string of the molecule is Brc1cc(-c2ccc3c(c2)c2ccccc2n3-c2cccc(-n3c4ccccc4c4ccccc43)c2)cc(-c2ccc3c(c2)c2ccccc2n3-c2cnc3cc(-c4ccccc4)cnc3c2)c1. The van der Waals surface area contributed by atoms with Crippen molar-refractivity contribution >= 4 is 92.4 Å². The second-order valence-corrected chi connectivity index (χ2v) is 18.5. The van der Waals surface area contributed by atoms with E-state index in [1.807, 2.05) is 18.5 Å². The molecule has 0 aliphatic carbocycles. The van der Waals surface area contributed by atoms with Crippen molar-refractivity contribution in [3.63, 3.8) is 0 Å². The summed E-state index contributed by atoms with van der Waals surface area (Å²) in [6, 6.07) is 78.9. The van der Waals surface area contributed by atoms with E-state index < -0.39 is 0 Å². The van der Waals surface area contributed by atoms with E-state index >= 15 is 0 Å². The molecule has 9 aromatic carbocycles. The quantitative estimate of drug-likeness (QED) is 0.167. The van der Waals surface area contributed by atoms with Crippen molar-refractivity contribution < 1.29 is 0 Å². The van der Waals surface area contributed by atoms with E-state index in [1.165, 1.54) is 54.4 Å². The molecule has 14 aromatic rings. The van der Waals surface area contributed by atoms with Crippen molar-refractivity contribution in [2.24, 2.45) is 0 Å². The number of fused-ring (bicyclic) bond motifs is 10. The Balaban J connectivity index is 0.854. The van der Waals surface area contributed by atoms with E-state index in [-0.39, 0.29) is 0 Å². The Morgan fingerprint density at radius 1 is 0.265 bits per heavy atom. The molecule has 0 aliphatic heterocycles. The van der Waals surface area contributed by atoms with Gasteiger partial charge in [-0.1, -0.05) is 137 Å². The normalized spacial score (nSPS) is 11.9. The van der Waals surface area contributed by atoms with Crippen LogP contribution >= 0.6 is 15.9 Å². The van der Waals surface area contributed by atoms with E-state index in [9.17, 15) is 0 Å². The van der Waals surface area contributed by atoms with Crippen LogP contribution in [0, 0.1) is 0 Å². The number of benzene rings is 9. The third kappa shape index (κ3) is 6.08. The number of aromatic nitrogens is 5. The summed E-state index contributed by atoms with van der Waals surface area (Å²) >= 11 is 3.92. The molecule has 0 saturated carbocycles. The van der Waals surface area contributed by atoms with E-state index in [2.05, 4.69) is 242 Å². The van der Waals surface area contributed by atoms with Crippen LogP contribution in [-0.2, 0) is 0 Å². The number of rotatable bonds is 6. The van der Waals surface area contributed by atoms with Gasteiger partial charge in [0.2, 0.25) is 0 Å². The molecule has 0 N–H and O–H groups in total. The summed E-state index contributed by atoms with van der Waals surface area (Å²) in [5.41, 5.74) is 18.7. The van der Waals surface area contributed by atoms with Gasteiger partial charge in [-0.3, -0.25) is 9.97 Å². The lowest BCUT2D eigenvalue weighted by molar-refractivity contribution is 1.13. The topological polar surface area (TPSA) is 40.6 Å². The molecule has 0 amide bonds. The predicted molar refractivity (Wildman–Crippen MR) is 287 cm³/mol. The summed E-state index contributed by atoms with van der Waals surface area (Å²) in [7, 11) is 0. The minimum absolute atomic E-state index is 0.860. The van der Waals surface area contributed by atoms with Crippen LogP contribution in [0.25, 0.3) is 127 Å². The molecule has 0 aliphatic rings. The molecule has 0 atom stereocenters. The van der Waals surface area contributed by atoms with Crippen molar-refractivity contribution in [1.82, 2.24) is 23.7 Å². The fourth-order valence-electron chi connectivity index (χ4n) is 10.7. The second kappa shape index (κ2) is 15.2. The van der Waals surface area contributed by atoms with Crippen LogP contribution < -0.4 is 0 Å². The van der Waals surface area contributed by atoms with Crippen molar-refractivity contribution in [2.45, 2.75) is 0 Å². The molecule has 0 bridgehead atoms. The maximum atomic E-state index is 4.94. The van der Waals surface area contributed by atoms with Gasteiger partial charge in [-0.05, 0) is 125 Å². The van der Waals surface area contributed by atoms with Gasteiger partial charge in [-0.15, -0.1) is 0 Å². The lowest BCUT2D eigenvalue weighted by Gasteiger charge is -2.13. The molecule has 0 fully saturated rings. The minimum atomic E-state index is 0.860. The van der Waals surface area contributed by atoms with Gasteiger partial charge in [0.15, 0.2) is 0 Å². The fourth-order valence-corrected chi connectivity index (χ4v) is 11.2. The smallest absolute Gasteiger partial charge is 0.0908 e. The molecule has 0 unspecified atom stereocenters. The molecule has 68 heavy (non-hydrogen) atoms. The van der Waals surface area contributed by atoms with E-state index in [0.29, 0.717) is 0 Å². The highest BCUT2D eigenvalue weighted by molar-refractivity contribution is 9.10. The molecule has 0 saturated heterocycles. The maximum absolute atomic E-state index is 4.94. The maximum Gasteiger partial charge on any atom is 0.0908 e. The van der Waals surface area contributed by atoms with Gasteiger partial charge in [0.25, 0.3) is 0 Å². The Labute approximate surface area is 399 Å². The first-order chi connectivity index (χ1) is 33.6. The van der Waals surface area contributed by atoms with Gasteiger partial charge in [0.05, 0.1) is 56.0 Å². The van der Waals surface area contributed by atoms with Crippen molar-refractivity contribution in [3.8, 4) is 50.4 Å². The van der Waals surface area contributed by atoms with Crippen LogP contribution in [0.2, 0.25) is 0 Å². The van der Waals surface area contributed by atoms with Crippen molar-refractivity contribution in [2.75, 3.05) is 0 Å². The molecule has 5 nitrogen and oxygen atoms in total. The lowest BCUT2D eigenvalue weighted by Crippen LogP contribution is -1.98. The molecule has 6 heteroatoms. The average Bonchev–Trinajstić information content (AvgIpc) is 4.04. The third-order valence-corrected chi connectivity index (χ3v) is 14.2. The summed E-state index contributed by atoms with van der Waals surface area (Å²) < 4.78 is 8.15. The van der Waals surface area contributed by atoms with Crippen LogP contribution in [0.5, 0.6) is 0 Å². The highest BCUT2D eigenvalue weighted by atomic mass is 79.9. The lowest BCUT2D eigenvalue weighted by atomic mass is 9.97. The van der Waals surface area contributed by atoms with Crippen LogP contribution in [0.1, 0.15) is 0 Å². The molecule has 0 spiro atoms. The largest absolute Gasteiger partial charge is 0.309 e. The Kier molecular flexibility index (Phi) is 8.67. The summed E-state index contributed by atoms with van der Waals surface area (Å²) in [5, 5.41) is 7.32. The van der Waals surface area contributed by atoms with Gasteiger partial charge in [-0.2, -0.15) is 0 Å². The number of halogens is 1. The molecular weight excluding hydrogens is 895 g/mol. The third-order valence-electron chi connectivity index (χ3n) is 13.7. The van der Waals surface area contributed by atoms with E-state index in [0.717, 1.165) is 77.0 Å². The average molecular weight is 933 g/mol. The second-order valence-electron chi connectivity index (χ2n) is 17.6. The van der Waals surface area contributed by atoms with Gasteiger partial charge in [0, 0.05) is 59.9 Å². The Morgan fingerprint density at radius 2 is 0.706 bits per heavy atom. The first-order valence-electron chi connectivity index (χ1n) is 22.9. The minimum Gasteiger partial charge on any atom is -0.309 e. The van der Waals surface area contributed by atoms with Gasteiger partial charge < -0.3 is 13.7 Å². The van der Waals surface area contributed by atoms with Crippen molar-refractivity contribution in [1.29, 1.82) is 0 Å². The highest BCUT2D eigenvalue weighted by Gasteiger charge is 2.18. The van der Waals surface area contributed by atoms with Gasteiger partial charge in [-0.25, -0.2) is 0 Å². The van der Waals surface area contributed by atoms with Crippen LogP contribution in [0.15, 0.2) is 235 Å². The van der Waals surface area contributed by atoms with Crippen LogP contribution in [0.3, 0.4) is 0 Å². The van der Waals surface area contributed by atoms with E-state index in [4.69, 9.17) is 9.97 Å². The zero-order valence-corrected chi connectivity index (χ0v) is 38.1. The van der Waals surface area contributed by atoms with Gasteiger partial charge in [0.1, 0.15) is 0 Å². The van der Waals surface area contributed by atoms with Gasteiger partial charge >= 0.3 is 0 Å². The molecule has 14 rings (SSSR count). The zero-order chi connectivity index (χ0) is 44.9. The molecular formula is C62H38BrN5. The van der Waals surface area contributed by atoms with E-state index in [1.54, 1.807) is 0 Å². The summed E-state index contributed by atoms with van der Waals surface area (Å²) in [6.45, 7) is 0. The van der Waals surface area contributed by atoms with Crippen molar-refractivity contribution in [3.05, 3.63) is 235 Å². The molecule has 318 valence electrons. The zero-order valence-electron chi connectivity index (χ0n) is 36.6. The standard InChI is InChI=1S/C62H38BrN5/c63-45-30-42(29-43(31-45)41-26-28-62-54(33-41)52-20-7-11-24-60(52)68(62)48-36-56-55(65-38-48)34-44(37-64-56)39-13-2-1-3-14-39)40-25-27-61-53(32-40)51-19-6-10-23-59(51)67(61)47-16-12-15-46(35-47)66-57-21-8-4-17-49(57)50-18-5-9-22-58(50)66/h1-38H. The fraction of sp³-hybridized carbons (Fsp3) is 0. The number of hydrogen-bond donors (Lipinski definition) is 0. The Hall–Kier alpha value is -8.58. The summed E-state index contributed by atoms with van der Waals surface area (Å²) in [5.74, 6) is 0. The first-order valence-corrected chi connectivity index (χ1v) is 23.7. The summed E-state index contributed by atoms with van der Waals surface area (Å²) in [4.78, 5) is 9.82. The number of hydrogen-bond acceptors (Lipinski definition) is 2. The first kappa shape index (κ1) is 38.7. The number of pyridine rings is 2. The Bertz CT molecular complexity index is 4290. The number of nitrogens with zero attached hydrogens (tertiary/aromatic N) is 5. The highest BCUT2D eigenvalue weighted by Crippen LogP contribution is 2.40. The monoisotopic (exact) mass is 931 g/mol. The molecule has 5 aromatic heterocycles. The Morgan fingerprint density at radius 3 is 1.25 bits per heavy atom. The van der Waals surface area contributed by atoms with Crippen LogP contribution in [0.4, 0.5) is 0 Å². The molecule has 0 radical (unpaired) electrons. The molecule has 5 heterocycles. The van der Waals surface area contributed by atoms with Crippen LogP contribution in [-0.4, -0.2) is 23.7 Å². The summed E-state index contributed by atoms with van der Waals surface area (Å²) in [6.07, 6.45) is 3.91. The number of para-hydroxylation sites is 4.